The molecule has 0 saturated carbocycles. The molecule has 0 amide bonds. The summed E-state index contributed by atoms with van der Waals surface area (Å²) in [5, 5.41) is 8.63. The molecule has 1 fully saturated rings. The standard InChI is InChI=1S/C18H24N8O2S/c1-13-5-6-26(21-13)17-11-16(19-12-20-17)24-7-9-25(10-8-24)29(27,28)18-14(2)22-23(4)15(18)3/h5-6,11-12H,7-10H2,1-4H3. The minimum absolute atomic E-state index is 0.312. The molecule has 0 aliphatic carbocycles. The Kier molecular flexibility index (Phi) is 4.87. The molecule has 11 heteroatoms. The van der Waals surface area contributed by atoms with Crippen LogP contribution in [0.5, 0.6) is 0 Å². The quantitative estimate of drug-likeness (QED) is 0.621. The Morgan fingerprint density at radius 3 is 2.24 bits per heavy atom. The van der Waals surface area contributed by atoms with Crippen molar-refractivity contribution in [2.24, 2.45) is 7.05 Å². The zero-order valence-electron chi connectivity index (χ0n) is 16.9. The SMILES string of the molecule is Cc1ccn(-c2cc(N3CCN(S(=O)(=O)c4c(C)nn(C)c4C)CC3)ncn2)n1. The third kappa shape index (κ3) is 3.51. The third-order valence-electron chi connectivity index (χ3n) is 5.20. The monoisotopic (exact) mass is 416 g/mol. The maximum atomic E-state index is 13.1. The van der Waals surface area contributed by atoms with Crippen molar-refractivity contribution in [2.45, 2.75) is 25.7 Å². The maximum Gasteiger partial charge on any atom is 0.246 e. The fourth-order valence-electron chi connectivity index (χ4n) is 3.59. The summed E-state index contributed by atoms with van der Waals surface area (Å²) in [4.78, 5) is 11.0. The van der Waals surface area contributed by atoms with Crippen LogP contribution in [-0.2, 0) is 17.1 Å². The number of rotatable bonds is 4. The predicted octanol–water partition coefficient (Wildman–Crippen LogP) is 0.832. The van der Waals surface area contributed by atoms with Gasteiger partial charge in [-0.3, -0.25) is 4.68 Å². The van der Waals surface area contributed by atoms with Crippen LogP contribution in [0.15, 0.2) is 29.6 Å². The van der Waals surface area contributed by atoms with Crippen LogP contribution >= 0.6 is 0 Å². The second-order valence-corrected chi connectivity index (χ2v) is 9.03. The molecule has 3 aromatic rings. The molecule has 3 aromatic heterocycles. The Balaban J connectivity index is 1.51. The number of piperazine rings is 1. The minimum Gasteiger partial charge on any atom is -0.354 e. The van der Waals surface area contributed by atoms with Crippen molar-refractivity contribution in [1.82, 2.24) is 33.8 Å². The van der Waals surface area contributed by atoms with E-state index in [2.05, 4.69) is 25.1 Å². The van der Waals surface area contributed by atoms with Gasteiger partial charge in [0, 0.05) is 45.5 Å². The van der Waals surface area contributed by atoms with Crippen molar-refractivity contribution in [1.29, 1.82) is 0 Å². The molecule has 1 aliphatic rings. The Bertz CT molecular complexity index is 1140. The molecule has 154 valence electrons. The van der Waals surface area contributed by atoms with Crippen LogP contribution in [0.2, 0.25) is 0 Å². The maximum absolute atomic E-state index is 13.1. The van der Waals surface area contributed by atoms with Gasteiger partial charge in [0.1, 0.15) is 17.0 Å². The van der Waals surface area contributed by atoms with Crippen LogP contribution in [-0.4, -0.2) is 68.4 Å². The number of sulfonamides is 1. The van der Waals surface area contributed by atoms with Crippen molar-refractivity contribution in [3.05, 3.63) is 41.7 Å². The van der Waals surface area contributed by atoms with E-state index in [4.69, 9.17) is 0 Å². The lowest BCUT2D eigenvalue weighted by Gasteiger charge is -2.34. The molecule has 0 aromatic carbocycles. The minimum atomic E-state index is -3.58. The summed E-state index contributed by atoms with van der Waals surface area (Å²) in [5.74, 6) is 1.44. The molecular formula is C18H24N8O2S. The number of aryl methyl sites for hydroxylation is 3. The van der Waals surface area contributed by atoms with Crippen LogP contribution in [0, 0.1) is 20.8 Å². The summed E-state index contributed by atoms with van der Waals surface area (Å²) in [6.07, 6.45) is 3.36. The van der Waals surface area contributed by atoms with Crippen molar-refractivity contribution in [3.8, 4) is 5.82 Å². The molecule has 0 unspecified atom stereocenters. The van der Waals surface area contributed by atoms with Gasteiger partial charge in [-0.1, -0.05) is 0 Å². The normalized spacial score (nSPS) is 15.8. The first-order valence-corrected chi connectivity index (χ1v) is 10.8. The summed E-state index contributed by atoms with van der Waals surface area (Å²) in [7, 11) is -1.82. The lowest BCUT2D eigenvalue weighted by Crippen LogP contribution is -2.49. The van der Waals surface area contributed by atoms with Crippen LogP contribution in [0.4, 0.5) is 5.82 Å². The van der Waals surface area contributed by atoms with E-state index in [0.717, 1.165) is 11.5 Å². The molecule has 0 N–H and O–H groups in total. The van der Waals surface area contributed by atoms with Crippen molar-refractivity contribution in [2.75, 3.05) is 31.1 Å². The average molecular weight is 417 g/mol. The van der Waals surface area contributed by atoms with Crippen LogP contribution in [0.1, 0.15) is 17.1 Å². The fraction of sp³-hybridized carbons (Fsp3) is 0.444. The van der Waals surface area contributed by atoms with Gasteiger partial charge in [0.05, 0.1) is 17.1 Å². The van der Waals surface area contributed by atoms with E-state index in [1.807, 2.05) is 25.3 Å². The summed E-state index contributed by atoms with van der Waals surface area (Å²) >= 11 is 0. The van der Waals surface area contributed by atoms with E-state index in [-0.39, 0.29) is 0 Å². The van der Waals surface area contributed by atoms with E-state index in [1.165, 1.54) is 10.6 Å². The number of hydrogen-bond donors (Lipinski definition) is 0. The summed E-state index contributed by atoms with van der Waals surface area (Å²) in [6.45, 7) is 7.30. The van der Waals surface area contributed by atoms with Crippen molar-refractivity contribution >= 4 is 15.8 Å². The Labute approximate surface area is 169 Å². The van der Waals surface area contributed by atoms with Gasteiger partial charge in [-0.05, 0) is 26.8 Å². The van der Waals surface area contributed by atoms with E-state index in [0.29, 0.717) is 48.3 Å². The highest BCUT2D eigenvalue weighted by Crippen LogP contribution is 2.25. The van der Waals surface area contributed by atoms with Gasteiger partial charge < -0.3 is 4.90 Å². The van der Waals surface area contributed by atoms with Crippen molar-refractivity contribution < 1.29 is 8.42 Å². The van der Waals surface area contributed by atoms with Crippen LogP contribution in [0.25, 0.3) is 5.82 Å². The van der Waals surface area contributed by atoms with Gasteiger partial charge in [-0.25, -0.2) is 23.1 Å². The lowest BCUT2D eigenvalue weighted by molar-refractivity contribution is 0.383. The summed E-state index contributed by atoms with van der Waals surface area (Å²) < 4.78 is 31.1. The average Bonchev–Trinajstić information content (AvgIpc) is 3.25. The second kappa shape index (κ2) is 7.23. The highest BCUT2D eigenvalue weighted by molar-refractivity contribution is 7.89. The molecule has 0 spiro atoms. The van der Waals surface area contributed by atoms with Crippen LogP contribution in [0.3, 0.4) is 0 Å². The summed E-state index contributed by atoms with van der Waals surface area (Å²) in [6, 6.07) is 3.78. The zero-order valence-corrected chi connectivity index (χ0v) is 17.8. The van der Waals surface area contributed by atoms with E-state index >= 15 is 0 Å². The highest BCUT2D eigenvalue weighted by Gasteiger charge is 2.33. The van der Waals surface area contributed by atoms with Crippen LogP contribution < -0.4 is 4.90 Å². The molecule has 0 radical (unpaired) electrons. The van der Waals surface area contributed by atoms with E-state index < -0.39 is 10.0 Å². The topological polar surface area (TPSA) is 102 Å². The van der Waals surface area contributed by atoms with Gasteiger partial charge in [0.2, 0.25) is 10.0 Å². The molecule has 4 rings (SSSR count). The van der Waals surface area contributed by atoms with E-state index in [9.17, 15) is 8.42 Å². The Morgan fingerprint density at radius 2 is 1.66 bits per heavy atom. The van der Waals surface area contributed by atoms with Crippen molar-refractivity contribution in [3.63, 3.8) is 0 Å². The largest absolute Gasteiger partial charge is 0.354 e. The molecular weight excluding hydrogens is 392 g/mol. The summed E-state index contributed by atoms with van der Waals surface area (Å²) in [5.41, 5.74) is 2.09. The number of aromatic nitrogens is 6. The van der Waals surface area contributed by atoms with Gasteiger partial charge in [0.25, 0.3) is 0 Å². The van der Waals surface area contributed by atoms with Gasteiger partial charge >= 0.3 is 0 Å². The number of anilines is 1. The smallest absolute Gasteiger partial charge is 0.246 e. The van der Waals surface area contributed by atoms with Gasteiger partial charge in [0.15, 0.2) is 5.82 Å². The number of hydrogen-bond acceptors (Lipinski definition) is 7. The first-order valence-electron chi connectivity index (χ1n) is 9.37. The third-order valence-corrected chi connectivity index (χ3v) is 7.35. The Morgan fingerprint density at radius 1 is 0.966 bits per heavy atom. The molecule has 1 saturated heterocycles. The van der Waals surface area contributed by atoms with E-state index in [1.54, 1.807) is 30.3 Å². The first kappa shape index (κ1) is 19.5. The molecule has 29 heavy (non-hydrogen) atoms. The van der Waals surface area contributed by atoms with Gasteiger partial charge in [-0.15, -0.1) is 0 Å². The zero-order chi connectivity index (χ0) is 20.8. The first-order chi connectivity index (χ1) is 13.8. The lowest BCUT2D eigenvalue weighted by atomic mass is 10.3. The molecule has 4 heterocycles. The molecule has 1 aliphatic heterocycles. The molecule has 0 bridgehead atoms. The van der Waals surface area contributed by atoms with Gasteiger partial charge in [-0.2, -0.15) is 14.5 Å². The molecule has 10 nitrogen and oxygen atoms in total. The second-order valence-electron chi connectivity index (χ2n) is 7.15. The fourth-order valence-corrected chi connectivity index (χ4v) is 5.41. The highest BCUT2D eigenvalue weighted by atomic mass is 32.2. The number of nitrogens with zero attached hydrogens (tertiary/aromatic N) is 8. The molecule has 0 atom stereocenters. The predicted molar refractivity (Wildman–Crippen MR) is 108 cm³/mol. The Hall–Kier alpha value is -2.79.